The summed E-state index contributed by atoms with van der Waals surface area (Å²) >= 11 is 3.32. The van der Waals surface area contributed by atoms with E-state index in [2.05, 4.69) is 20.9 Å². The molecule has 0 amide bonds. The van der Waals surface area contributed by atoms with Gasteiger partial charge in [0.05, 0.1) is 17.1 Å². The second-order valence-corrected chi connectivity index (χ2v) is 5.38. The molecule has 0 radical (unpaired) electrons. The highest BCUT2D eigenvalue weighted by molar-refractivity contribution is 9.10. The Hall–Kier alpha value is -2.28. The van der Waals surface area contributed by atoms with E-state index < -0.39 is 4.92 Å². The zero-order valence-corrected chi connectivity index (χ0v) is 13.4. The molecule has 0 bridgehead atoms. The van der Waals surface area contributed by atoms with Gasteiger partial charge in [-0.2, -0.15) is 0 Å². The monoisotopic (exact) mass is 364 g/mol. The maximum absolute atomic E-state index is 12.4. The number of Topliss-reactive ketones (excluding diaryl/α,β-unsaturated/α-hetero) is 1. The van der Waals surface area contributed by atoms with Crippen molar-refractivity contribution < 1.29 is 14.5 Å². The van der Waals surface area contributed by atoms with Gasteiger partial charge in [0.15, 0.2) is 5.78 Å². The van der Waals surface area contributed by atoms with Crippen LogP contribution in [0, 0.1) is 10.1 Å². The molecule has 2 aromatic rings. The minimum Gasteiger partial charge on any atom is -0.477 e. The number of rotatable bonds is 6. The maximum Gasteiger partial charge on any atom is 0.288 e. The predicted octanol–water partition coefficient (Wildman–Crippen LogP) is 3.58. The van der Waals surface area contributed by atoms with Gasteiger partial charge in [-0.3, -0.25) is 14.9 Å². The largest absolute Gasteiger partial charge is 0.477 e. The average molecular weight is 365 g/mol. The van der Waals surface area contributed by atoms with Crippen molar-refractivity contribution in [3.63, 3.8) is 0 Å². The van der Waals surface area contributed by atoms with Gasteiger partial charge in [-0.25, -0.2) is 4.98 Å². The van der Waals surface area contributed by atoms with Crippen LogP contribution in [0.25, 0.3) is 0 Å². The molecule has 0 aliphatic rings. The SMILES string of the molecule is CCOc1ncc([N+](=O)[O-])cc1C(=O)Cc1ccc(Br)cc1. The molecular weight excluding hydrogens is 352 g/mol. The van der Waals surface area contributed by atoms with E-state index >= 15 is 0 Å². The third-order valence-electron chi connectivity index (χ3n) is 2.91. The van der Waals surface area contributed by atoms with Crippen molar-refractivity contribution >= 4 is 27.4 Å². The van der Waals surface area contributed by atoms with Crippen LogP contribution in [0.15, 0.2) is 41.0 Å². The summed E-state index contributed by atoms with van der Waals surface area (Å²) in [5.41, 5.74) is 0.698. The summed E-state index contributed by atoms with van der Waals surface area (Å²) in [7, 11) is 0. The van der Waals surface area contributed by atoms with E-state index in [4.69, 9.17) is 4.74 Å². The lowest BCUT2D eigenvalue weighted by molar-refractivity contribution is -0.385. The molecule has 1 heterocycles. The van der Waals surface area contributed by atoms with Crippen LogP contribution in [-0.4, -0.2) is 22.3 Å². The smallest absolute Gasteiger partial charge is 0.288 e. The highest BCUT2D eigenvalue weighted by Crippen LogP contribution is 2.23. The summed E-state index contributed by atoms with van der Waals surface area (Å²) in [6.45, 7) is 2.08. The van der Waals surface area contributed by atoms with Gasteiger partial charge in [0.25, 0.3) is 5.69 Å². The lowest BCUT2D eigenvalue weighted by Gasteiger charge is -2.08. The third-order valence-corrected chi connectivity index (χ3v) is 3.44. The van der Waals surface area contributed by atoms with E-state index in [0.717, 1.165) is 16.2 Å². The number of halogens is 1. The van der Waals surface area contributed by atoms with Gasteiger partial charge < -0.3 is 4.74 Å². The zero-order valence-electron chi connectivity index (χ0n) is 11.8. The number of ketones is 1. The third kappa shape index (κ3) is 3.88. The molecular formula is C15H13BrN2O4. The van der Waals surface area contributed by atoms with Crippen molar-refractivity contribution in [3.05, 3.63) is 62.2 Å². The molecule has 0 unspecified atom stereocenters. The van der Waals surface area contributed by atoms with Crippen molar-refractivity contribution in [1.82, 2.24) is 4.98 Å². The Morgan fingerprint density at radius 1 is 1.36 bits per heavy atom. The van der Waals surface area contributed by atoms with Crippen LogP contribution >= 0.6 is 15.9 Å². The minimum absolute atomic E-state index is 0.121. The summed E-state index contributed by atoms with van der Waals surface area (Å²) in [4.78, 5) is 26.6. The lowest BCUT2D eigenvalue weighted by atomic mass is 10.0. The van der Waals surface area contributed by atoms with Crippen LogP contribution in [0.3, 0.4) is 0 Å². The first-order valence-corrected chi connectivity index (χ1v) is 7.35. The molecule has 0 saturated carbocycles. The molecule has 114 valence electrons. The Balaban J connectivity index is 2.31. The lowest BCUT2D eigenvalue weighted by Crippen LogP contribution is -2.09. The summed E-state index contributed by atoms with van der Waals surface area (Å²) in [5, 5.41) is 10.8. The highest BCUT2D eigenvalue weighted by atomic mass is 79.9. The van der Waals surface area contributed by atoms with Crippen LogP contribution in [0.5, 0.6) is 5.88 Å². The number of nitrogens with zero attached hydrogens (tertiary/aromatic N) is 2. The molecule has 0 atom stereocenters. The van der Waals surface area contributed by atoms with E-state index in [9.17, 15) is 14.9 Å². The summed E-state index contributed by atoms with van der Waals surface area (Å²) in [6.07, 6.45) is 1.21. The molecule has 6 nitrogen and oxygen atoms in total. The van der Waals surface area contributed by atoms with Crippen LogP contribution < -0.4 is 4.74 Å². The maximum atomic E-state index is 12.4. The molecule has 1 aromatic carbocycles. The van der Waals surface area contributed by atoms with Crippen LogP contribution in [-0.2, 0) is 6.42 Å². The van der Waals surface area contributed by atoms with Crippen LogP contribution in [0.4, 0.5) is 5.69 Å². The Morgan fingerprint density at radius 3 is 2.64 bits per heavy atom. The standard InChI is InChI=1S/C15H13BrN2O4/c1-2-22-15-13(8-12(9-17-15)18(20)21)14(19)7-10-3-5-11(16)6-4-10/h3-6,8-9H,2,7H2,1H3. The molecule has 7 heteroatoms. The number of carbonyl (C=O) groups excluding carboxylic acids is 1. The number of ether oxygens (including phenoxy) is 1. The normalized spacial score (nSPS) is 10.3. The number of aromatic nitrogens is 1. The number of hydrogen-bond acceptors (Lipinski definition) is 5. The molecule has 22 heavy (non-hydrogen) atoms. The fraction of sp³-hybridized carbons (Fsp3) is 0.200. The summed E-state index contributed by atoms with van der Waals surface area (Å²) < 4.78 is 6.20. The number of hydrogen-bond donors (Lipinski definition) is 0. The Morgan fingerprint density at radius 2 is 2.05 bits per heavy atom. The molecule has 0 N–H and O–H groups in total. The van der Waals surface area contributed by atoms with Gasteiger partial charge in [-0.15, -0.1) is 0 Å². The molecule has 0 aliphatic heterocycles. The van der Waals surface area contributed by atoms with Crippen molar-refractivity contribution in [2.75, 3.05) is 6.61 Å². The van der Waals surface area contributed by atoms with E-state index in [0.29, 0.717) is 6.61 Å². The second kappa shape index (κ2) is 7.13. The molecule has 0 saturated heterocycles. The van der Waals surface area contributed by atoms with Crippen molar-refractivity contribution in [1.29, 1.82) is 0 Å². The van der Waals surface area contributed by atoms with Crippen molar-refractivity contribution in [2.45, 2.75) is 13.3 Å². The molecule has 0 aliphatic carbocycles. The van der Waals surface area contributed by atoms with E-state index in [1.807, 2.05) is 24.3 Å². The first kappa shape index (κ1) is 16.1. The molecule has 1 aromatic heterocycles. The van der Waals surface area contributed by atoms with Crippen LogP contribution in [0.2, 0.25) is 0 Å². The average Bonchev–Trinajstić information content (AvgIpc) is 2.50. The second-order valence-electron chi connectivity index (χ2n) is 4.46. The van der Waals surface area contributed by atoms with Gasteiger partial charge in [0.1, 0.15) is 6.20 Å². The quantitative estimate of drug-likeness (QED) is 0.444. The molecule has 0 fully saturated rings. The number of benzene rings is 1. The van der Waals surface area contributed by atoms with Gasteiger partial charge in [0.2, 0.25) is 5.88 Å². The number of carbonyl (C=O) groups is 1. The fourth-order valence-corrected chi connectivity index (χ4v) is 2.14. The van der Waals surface area contributed by atoms with E-state index in [1.165, 1.54) is 6.07 Å². The van der Waals surface area contributed by atoms with E-state index in [-0.39, 0.29) is 29.3 Å². The predicted molar refractivity (Wildman–Crippen MR) is 84.2 cm³/mol. The number of pyridine rings is 1. The number of nitro groups is 1. The summed E-state index contributed by atoms with van der Waals surface area (Å²) in [5.74, 6) is -0.155. The van der Waals surface area contributed by atoms with Crippen LogP contribution in [0.1, 0.15) is 22.8 Å². The zero-order chi connectivity index (χ0) is 16.1. The van der Waals surface area contributed by atoms with Gasteiger partial charge in [-0.1, -0.05) is 28.1 Å². The fourth-order valence-electron chi connectivity index (χ4n) is 1.88. The van der Waals surface area contributed by atoms with Crippen molar-refractivity contribution in [3.8, 4) is 5.88 Å². The Bertz CT molecular complexity index is 701. The van der Waals surface area contributed by atoms with E-state index in [1.54, 1.807) is 6.92 Å². The minimum atomic E-state index is -0.584. The summed E-state index contributed by atoms with van der Waals surface area (Å²) in [6, 6.07) is 8.49. The Labute approximate surface area is 135 Å². The first-order chi connectivity index (χ1) is 10.5. The van der Waals surface area contributed by atoms with Gasteiger partial charge in [-0.05, 0) is 24.6 Å². The topological polar surface area (TPSA) is 82.3 Å². The Kier molecular flexibility index (Phi) is 5.21. The molecule has 0 spiro atoms. The highest BCUT2D eigenvalue weighted by Gasteiger charge is 2.19. The van der Waals surface area contributed by atoms with Crippen molar-refractivity contribution in [2.24, 2.45) is 0 Å². The first-order valence-electron chi connectivity index (χ1n) is 6.56. The van der Waals surface area contributed by atoms with Gasteiger partial charge >= 0.3 is 0 Å². The van der Waals surface area contributed by atoms with Gasteiger partial charge in [0, 0.05) is 17.0 Å². The molecule has 2 rings (SSSR count).